The summed E-state index contributed by atoms with van der Waals surface area (Å²) in [4.78, 5) is 49.1. The SMILES string of the molecule is COC(=O)NC[C@H]1CN(c2ccc(-c3ccc(N4C[C@H](CNC(C)=O)OC4=O)cc3F)c(F)c2)C(=O)O1. The number of ether oxygens (including phenoxy) is 3. The molecule has 0 aromatic heterocycles. The summed E-state index contributed by atoms with van der Waals surface area (Å²) < 4.78 is 44.9. The van der Waals surface area contributed by atoms with Crippen molar-refractivity contribution in [2.45, 2.75) is 19.1 Å². The molecule has 0 radical (unpaired) electrons. The van der Waals surface area contributed by atoms with Gasteiger partial charge in [0.15, 0.2) is 0 Å². The number of carbonyl (C=O) groups excluding carboxylic acids is 4. The fourth-order valence-electron chi connectivity index (χ4n) is 3.98. The third kappa shape index (κ3) is 5.71. The molecule has 13 heteroatoms. The molecule has 2 saturated heterocycles. The van der Waals surface area contributed by atoms with Crippen molar-refractivity contribution >= 4 is 35.6 Å². The van der Waals surface area contributed by atoms with Crippen molar-refractivity contribution in [3.8, 4) is 11.1 Å². The van der Waals surface area contributed by atoms with E-state index in [0.717, 1.165) is 12.1 Å². The van der Waals surface area contributed by atoms with Crippen molar-refractivity contribution in [2.75, 3.05) is 43.1 Å². The monoisotopic (exact) mass is 518 g/mol. The number of nitrogens with zero attached hydrogens (tertiary/aromatic N) is 2. The van der Waals surface area contributed by atoms with Crippen LogP contribution in [0, 0.1) is 11.6 Å². The lowest BCUT2D eigenvalue weighted by Gasteiger charge is -2.16. The van der Waals surface area contributed by atoms with E-state index in [1.54, 1.807) is 0 Å². The average Bonchev–Trinajstić information content (AvgIpc) is 3.43. The van der Waals surface area contributed by atoms with Crippen molar-refractivity contribution in [1.82, 2.24) is 10.6 Å². The summed E-state index contributed by atoms with van der Waals surface area (Å²) in [6.07, 6.45) is -3.32. The molecule has 2 N–H and O–H groups in total. The molecule has 4 amide bonds. The maximum atomic E-state index is 15.0. The number of benzene rings is 2. The van der Waals surface area contributed by atoms with Crippen LogP contribution in [0.5, 0.6) is 0 Å². The van der Waals surface area contributed by atoms with Gasteiger partial charge in [-0.25, -0.2) is 23.2 Å². The summed E-state index contributed by atoms with van der Waals surface area (Å²) in [5, 5.41) is 4.98. The van der Waals surface area contributed by atoms with Crippen molar-refractivity contribution < 1.29 is 42.2 Å². The molecule has 0 unspecified atom stereocenters. The van der Waals surface area contributed by atoms with Gasteiger partial charge in [-0.05, 0) is 36.4 Å². The highest BCUT2D eigenvalue weighted by atomic mass is 19.1. The van der Waals surface area contributed by atoms with Crippen molar-refractivity contribution in [1.29, 1.82) is 0 Å². The molecule has 0 saturated carbocycles. The predicted molar refractivity (Wildman–Crippen MR) is 126 cm³/mol. The van der Waals surface area contributed by atoms with E-state index >= 15 is 8.78 Å². The fraction of sp³-hybridized carbons (Fsp3) is 0.333. The lowest BCUT2D eigenvalue weighted by molar-refractivity contribution is -0.119. The normalized spacial score (nSPS) is 18.9. The number of rotatable bonds is 7. The van der Waals surface area contributed by atoms with E-state index in [4.69, 9.17) is 9.47 Å². The molecule has 0 spiro atoms. The van der Waals surface area contributed by atoms with E-state index in [0.29, 0.717) is 0 Å². The Balaban J connectivity index is 1.46. The summed E-state index contributed by atoms with van der Waals surface area (Å²) in [5.41, 5.74) is 0.338. The fourth-order valence-corrected chi connectivity index (χ4v) is 3.98. The highest BCUT2D eigenvalue weighted by Crippen LogP contribution is 2.33. The molecule has 2 fully saturated rings. The first-order chi connectivity index (χ1) is 17.7. The summed E-state index contributed by atoms with van der Waals surface area (Å²) in [7, 11) is 1.20. The molecule has 2 aromatic rings. The van der Waals surface area contributed by atoms with Gasteiger partial charge in [0.05, 0.1) is 44.7 Å². The topological polar surface area (TPSA) is 127 Å². The Hall–Kier alpha value is -4.42. The maximum absolute atomic E-state index is 15.0. The van der Waals surface area contributed by atoms with Gasteiger partial charge in [0.25, 0.3) is 0 Å². The molecular formula is C24H24F2N4O7. The Bertz CT molecular complexity index is 1240. The van der Waals surface area contributed by atoms with Gasteiger partial charge in [-0.3, -0.25) is 14.6 Å². The Labute approximate surface area is 210 Å². The zero-order valence-corrected chi connectivity index (χ0v) is 20.0. The number of nitrogens with one attached hydrogen (secondary N) is 2. The Morgan fingerprint density at radius 2 is 1.35 bits per heavy atom. The van der Waals surface area contributed by atoms with Gasteiger partial charge >= 0.3 is 18.3 Å². The number of halogens is 2. The summed E-state index contributed by atoms with van der Waals surface area (Å²) in [6.45, 7) is 1.67. The van der Waals surface area contributed by atoms with E-state index in [1.807, 2.05) is 0 Å². The second-order valence-electron chi connectivity index (χ2n) is 8.37. The molecule has 4 rings (SSSR count). The standard InChI is InChI=1S/C24H24F2N4O7/c1-13(31)27-9-16-11-29(23(33)36-16)14-3-5-18(20(25)7-14)19-6-4-15(8-21(19)26)30-12-17(37-24(30)34)10-28-22(32)35-2/h3-8,16-17H,9-12H2,1-2H3,(H,27,31)(H,28,32)/t16-,17-/m0/s1. The summed E-state index contributed by atoms with van der Waals surface area (Å²) in [6, 6.07) is 7.78. The Kier molecular flexibility index (Phi) is 7.41. The third-order valence-corrected chi connectivity index (χ3v) is 5.81. The van der Waals surface area contributed by atoms with Gasteiger partial charge in [0.1, 0.15) is 23.8 Å². The number of cyclic esters (lactones) is 2. The molecule has 0 aliphatic carbocycles. The van der Waals surface area contributed by atoms with Crippen LogP contribution in [0.15, 0.2) is 36.4 Å². The number of methoxy groups -OCH3 is 1. The maximum Gasteiger partial charge on any atom is 0.414 e. The van der Waals surface area contributed by atoms with Crippen LogP contribution < -0.4 is 20.4 Å². The second kappa shape index (κ2) is 10.7. The van der Waals surface area contributed by atoms with Crippen LogP contribution in [-0.4, -0.2) is 69.7 Å². The molecule has 2 aliphatic heterocycles. The van der Waals surface area contributed by atoms with Crippen molar-refractivity contribution in [3.63, 3.8) is 0 Å². The van der Waals surface area contributed by atoms with Crippen LogP contribution in [0.1, 0.15) is 6.92 Å². The van der Waals surface area contributed by atoms with Crippen molar-refractivity contribution in [3.05, 3.63) is 48.0 Å². The van der Waals surface area contributed by atoms with Crippen LogP contribution in [0.3, 0.4) is 0 Å². The quantitative estimate of drug-likeness (QED) is 0.540. The molecule has 0 bridgehead atoms. The second-order valence-corrected chi connectivity index (χ2v) is 8.37. The Morgan fingerprint density at radius 1 is 0.892 bits per heavy atom. The zero-order valence-electron chi connectivity index (χ0n) is 20.0. The predicted octanol–water partition coefficient (Wildman–Crippen LogP) is 2.77. The number of hydrogen-bond acceptors (Lipinski definition) is 7. The minimum Gasteiger partial charge on any atom is -0.453 e. The first kappa shape index (κ1) is 25.7. The Morgan fingerprint density at radius 3 is 1.76 bits per heavy atom. The molecule has 2 aromatic carbocycles. The van der Waals surface area contributed by atoms with Crippen LogP contribution in [0.2, 0.25) is 0 Å². The highest BCUT2D eigenvalue weighted by Gasteiger charge is 2.34. The lowest BCUT2D eigenvalue weighted by Crippen LogP contribution is -2.34. The lowest BCUT2D eigenvalue weighted by atomic mass is 10.0. The van der Waals surface area contributed by atoms with Crippen LogP contribution in [0.25, 0.3) is 11.1 Å². The van der Waals surface area contributed by atoms with Gasteiger partial charge < -0.3 is 24.8 Å². The van der Waals surface area contributed by atoms with Crippen LogP contribution in [-0.2, 0) is 19.0 Å². The molecular weight excluding hydrogens is 494 g/mol. The minimum atomic E-state index is -0.774. The summed E-state index contributed by atoms with van der Waals surface area (Å²) >= 11 is 0. The van der Waals surface area contributed by atoms with Crippen LogP contribution in [0.4, 0.5) is 34.5 Å². The molecule has 2 heterocycles. The molecule has 2 atom stereocenters. The third-order valence-electron chi connectivity index (χ3n) is 5.81. The van der Waals surface area contributed by atoms with Gasteiger partial charge in [-0.15, -0.1) is 0 Å². The van der Waals surface area contributed by atoms with E-state index in [1.165, 1.54) is 48.1 Å². The van der Waals surface area contributed by atoms with E-state index in [9.17, 15) is 19.2 Å². The van der Waals surface area contributed by atoms with Crippen molar-refractivity contribution in [2.24, 2.45) is 0 Å². The molecule has 11 nitrogen and oxygen atoms in total. The molecule has 2 aliphatic rings. The zero-order chi connectivity index (χ0) is 26.7. The minimum absolute atomic E-state index is 0.0194. The number of alkyl carbamates (subject to hydrolysis) is 1. The van der Waals surface area contributed by atoms with E-state index in [-0.39, 0.29) is 54.6 Å². The van der Waals surface area contributed by atoms with Gasteiger partial charge in [-0.2, -0.15) is 0 Å². The van der Waals surface area contributed by atoms with Crippen LogP contribution >= 0.6 is 0 Å². The smallest absolute Gasteiger partial charge is 0.414 e. The number of hydrogen-bond donors (Lipinski definition) is 2. The number of carbonyl (C=O) groups is 4. The van der Waals surface area contributed by atoms with E-state index < -0.39 is 42.1 Å². The average molecular weight is 518 g/mol. The number of anilines is 2. The molecule has 37 heavy (non-hydrogen) atoms. The first-order valence-electron chi connectivity index (χ1n) is 11.3. The summed E-state index contributed by atoms with van der Waals surface area (Å²) in [5.74, 6) is -1.81. The number of amides is 4. The van der Waals surface area contributed by atoms with E-state index in [2.05, 4.69) is 15.4 Å². The largest absolute Gasteiger partial charge is 0.453 e. The van der Waals surface area contributed by atoms with Gasteiger partial charge in [0, 0.05) is 18.1 Å². The first-order valence-corrected chi connectivity index (χ1v) is 11.3. The highest BCUT2D eigenvalue weighted by molar-refractivity contribution is 5.91. The van der Waals surface area contributed by atoms with Gasteiger partial charge in [-0.1, -0.05) is 0 Å². The molecule has 196 valence electrons. The van der Waals surface area contributed by atoms with Gasteiger partial charge in [0.2, 0.25) is 5.91 Å².